The zero-order chi connectivity index (χ0) is 12.8. The number of unbranched alkanes of at least 4 members (excludes halogenated alkanes) is 1. The summed E-state index contributed by atoms with van der Waals surface area (Å²) in [5, 5.41) is 0. The van der Waals surface area contributed by atoms with Crippen molar-refractivity contribution in [1.82, 2.24) is 0 Å². The van der Waals surface area contributed by atoms with Crippen LogP contribution >= 0.6 is 0 Å². The molecule has 0 spiro atoms. The molecule has 2 nitrogen and oxygen atoms in total. The first-order valence-electron chi connectivity index (χ1n) is 7.24. The fourth-order valence-corrected chi connectivity index (χ4v) is 2.80. The van der Waals surface area contributed by atoms with Crippen LogP contribution in [0, 0.1) is 17.8 Å². The molecule has 0 heterocycles. The Morgan fingerprint density at radius 1 is 1.35 bits per heavy atom. The molecule has 1 saturated carbocycles. The van der Waals surface area contributed by atoms with E-state index in [0.717, 1.165) is 19.3 Å². The number of carbonyl (C=O) groups is 1. The van der Waals surface area contributed by atoms with Gasteiger partial charge in [-0.3, -0.25) is 4.79 Å². The Morgan fingerprint density at radius 2 is 2.06 bits per heavy atom. The molecule has 0 aromatic rings. The van der Waals surface area contributed by atoms with Crippen LogP contribution in [-0.2, 0) is 9.53 Å². The monoisotopic (exact) mass is 240 g/mol. The van der Waals surface area contributed by atoms with Gasteiger partial charge in [0.05, 0.1) is 0 Å². The summed E-state index contributed by atoms with van der Waals surface area (Å²) in [7, 11) is 0. The van der Waals surface area contributed by atoms with E-state index in [4.69, 9.17) is 4.74 Å². The van der Waals surface area contributed by atoms with E-state index in [-0.39, 0.29) is 12.1 Å². The highest BCUT2D eigenvalue weighted by Gasteiger charge is 2.33. The van der Waals surface area contributed by atoms with Crippen LogP contribution in [0.5, 0.6) is 0 Å². The van der Waals surface area contributed by atoms with Gasteiger partial charge in [0.2, 0.25) is 0 Å². The Balaban J connectivity index is 2.48. The van der Waals surface area contributed by atoms with Gasteiger partial charge in [0, 0.05) is 6.42 Å². The second kappa shape index (κ2) is 7.03. The smallest absolute Gasteiger partial charge is 0.306 e. The minimum atomic E-state index is 0.0107. The maximum absolute atomic E-state index is 11.7. The van der Waals surface area contributed by atoms with E-state index in [9.17, 15) is 4.79 Å². The molecule has 0 N–H and O–H groups in total. The third-order valence-corrected chi connectivity index (χ3v) is 3.98. The summed E-state index contributed by atoms with van der Waals surface area (Å²) in [6.45, 7) is 8.86. The molecule has 0 aliphatic heterocycles. The molecule has 0 radical (unpaired) electrons. The van der Waals surface area contributed by atoms with Crippen molar-refractivity contribution in [3.05, 3.63) is 0 Å². The normalized spacial score (nSPS) is 29.4. The summed E-state index contributed by atoms with van der Waals surface area (Å²) in [6.07, 6.45) is 6.32. The first-order valence-corrected chi connectivity index (χ1v) is 7.24. The maximum atomic E-state index is 11.7. The van der Waals surface area contributed by atoms with E-state index in [2.05, 4.69) is 27.7 Å². The van der Waals surface area contributed by atoms with Crippen LogP contribution < -0.4 is 0 Å². The first-order chi connectivity index (χ1) is 8.04. The number of rotatable bonds is 5. The molecule has 1 rings (SSSR count). The molecule has 1 aliphatic rings. The average Bonchev–Trinajstić information content (AvgIpc) is 2.26. The zero-order valence-corrected chi connectivity index (χ0v) is 11.9. The van der Waals surface area contributed by atoms with Crippen LogP contribution in [0.15, 0.2) is 0 Å². The van der Waals surface area contributed by atoms with E-state index in [0.29, 0.717) is 24.2 Å². The van der Waals surface area contributed by atoms with Crippen molar-refractivity contribution in [1.29, 1.82) is 0 Å². The van der Waals surface area contributed by atoms with Gasteiger partial charge in [-0.2, -0.15) is 0 Å². The molecule has 0 bridgehead atoms. The van der Waals surface area contributed by atoms with Gasteiger partial charge in [-0.15, -0.1) is 0 Å². The molecular formula is C15H28O2. The zero-order valence-electron chi connectivity index (χ0n) is 11.9. The Labute approximate surface area is 106 Å². The molecule has 100 valence electrons. The van der Waals surface area contributed by atoms with Crippen LogP contribution in [0.4, 0.5) is 0 Å². The van der Waals surface area contributed by atoms with Crippen LogP contribution in [-0.4, -0.2) is 12.1 Å². The highest BCUT2D eigenvalue weighted by molar-refractivity contribution is 5.69. The molecule has 17 heavy (non-hydrogen) atoms. The molecule has 0 amide bonds. The predicted octanol–water partition coefficient (Wildman–Crippen LogP) is 4.18. The summed E-state index contributed by atoms with van der Waals surface area (Å²) in [4.78, 5) is 11.7. The Morgan fingerprint density at radius 3 is 2.65 bits per heavy atom. The fourth-order valence-electron chi connectivity index (χ4n) is 2.80. The number of esters is 1. The quantitative estimate of drug-likeness (QED) is 0.674. The number of ether oxygens (including phenoxy) is 1. The second-order valence-corrected chi connectivity index (χ2v) is 5.96. The van der Waals surface area contributed by atoms with Crippen molar-refractivity contribution >= 4 is 5.97 Å². The number of hydrogen-bond donors (Lipinski definition) is 0. The Kier molecular flexibility index (Phi) is 6.01. The predicted molar refractivity (Wildman–Crippen MR) is 70.7 cm³/mol. The number of carbonyl (C=O) groups excluding carboxylic acids is 1. The lowest BCUT2D eigenvalue weighted by Crippen LogP contribution is -2.35. The molecule has 0 aromatic carbocycles. The van der Waals surface area contributed by atoms with Crippen molar-refractivity contribution < 1.29 is 9.53 Å². The van der Waals surface area contributed by atoms with E-state index in [1.807, 2.05) is 0 Å². The van der Waals surface area contributed by atoms with Crippen molar-refractivity contribution in [2.24, 2.45) is 17.8 Å². The summed E-state index contributed by atoms with van der Waals surface area (Å²) in [6, 6.07) is 0. The van der Waals surface area contributed by atoms with Crippen LogP contribution in [0.25, 0.3) is 0 Å². The summed E-state index contributed by atoms with van der Waals surface area (Å²) >= 11 is 0. The first kappa shape index (κ1) is 14.5. The maximum Gasteiger partial charge on any atom is 0.306 e. The number of hydrogen-bond acceptors (Lipinski definition) is 2. The lowest BCUT2D eigenvalue weighted by atomic mass is 9.75. The highest BCUT2D eigenvalue weighted by atomic mass is 16.5. The van der Waals surface area contributed by atoms with Crippen molar-refractivity contribution in [2.45, 2.75) is 72.3 Å². The van der Waals surface area contributed by atoms with Gasteiger partial charge >= 0.3 is 5.97 Å². The van der Waals surface area contributed by atoms with E-state index in [1.54, 1.807) is 0 Å². The molecule has 3 atom stereocenters. The van der Waals surface area contributed by atoms with Crippen molar-refractivity contribution in [3.63, 3.8) is 0 Å². The molecular weight excluding hydrogens is 212 g/mol. The van der Waals surface area contributed by atoms with Gasteiger partial charge in [0.25, 0.3) is 0 Å². The topological polar surface area (TPSA) is 26.3 Å². The van der Waals surface area contributed by atoms with Gasteiger partial charge in [-0.25, -0.2) is 0 Å². The Bertz CT molecular complexity index is 235. The minimum absolute atomic E-state index is 0.0107. The van der Waals surface area contributed by atoms with Crippen molar-refractivity contribution in [3.8, 4) is 0 Å². The second-order valence-electron chi connectivity index (χ2n) is 5.96. The van der Waals surface area contributed by atoms with Gasteiger partial charge in [0.1, 0.15) is 6.10 Å². The van der Waals surface area contributed by atoms with Gasteiger partial charge in [0.15, 0.2) is 0 Å². The summed E-state index contributed by atoms with van der Waals surface area (Å²) in [5.41, 5.74) is 0. The van der Waals surface area contributed by atoms with Gasteiger partial charge in [-0.05, 0) is 37.0 Å². The van der Waals surface area contributed by atoms with E-state index in [1.165, 1.54) is 12.8 Å². The standard InChI is InChI=1S/C15H28O2/c1-5-6-7-15(16)17-14-10-12(4)8-9-13(14)11(2)3/h11-14H,5-10H2,1-4H3/t12-,13-,14+/m1/s1. The molecule has 1 aliphatic carbocycles. The van der Waals surface area contributed by atoms with Crippen LogP contribution in [0.3, 0.4) is 0 Å². The average molecular weight is 240 g/mol. The van der Waals surface area contributed by atoms with Crippen LogP contribution in [0.1, 0.15) is 66.2 Å². The fraction of sp³-hybridized carbons (Fsp3) is 0.933. The summed E-state index contributed by atoms with van der Waals surface area (Å²) < 4.78 is 5.70. The molecule has 0 saturated heterocycles. The van der Waals surface area contributed by atoms with Crippen LogP contribution in [0.2, 0.25) is 0 Å². The largest absolute Gasteiger partial charge is 0.462 e. The van der Waals surface area contributed by atoms with Gasteiger partial charge < -0.3 is 4.74 Å². The molecule has 0 aromatic heterocycles. The molecule has 0 unspecified atom stereocenters. The third-order valence-electron chi connectivity index (χ3n) is 3.98. The highest BCUT2D eigenvalue weighted by Crippen LogP contribution is 2.35. The molecule has 1 fully saturated rings. The Hall–Kier alpha value is -0.530. The molecule has 2 heteroatoms. The van der Waals surface area contributed by atoms with E-state index < -0.39 is 0 Å². The summed E-state index contributed by atoms with van der Waals surface area (Å²) in [5.74, 6) is 1.90. The van der Waals surface area contributed by atoms with E-state index >= 15 is 0 Å². The SMILES string of the molecule is CCCCC(=O)O[C@H]1C[C@H](C)CC[C@@H]1C(C)C. The minimum Gasteiger partial charge on any atom is -0.462 e. The third kappa shape index (κ3) is 4.69. The lowest BCUT2D eigenvalue weighted by molar-refractivity contribution is -0.156. The lowest BCUT2D eigenvalue weighted by Gasteiger charge is -2.36. The van der Waals surface area contributed by atoms with Crippen molar-refractivity contribution in [2.75, 3.05) is 0 Å². The van der Waals surface area contributed by atoms with Gasteiger partial charge in [-0.1, -0.05) is 40.5 Å².